The van der Waals surface area contributed by atoms with Gasteiger partial charge >= 0.3 is 5.97 Å². The normalized spacial score (nSPS) is 11.7. The van der Waals surface area contributed by atoms with Crippen molar-refractivity contribution in [2.75, 3.05) is 0 Å². The zero-order chi connectivity index (χ0) is 83.0. The van der Waals surface area contributed by atoms with Gasteiger partial charge in [-0.1, -0.05) is 287 Å². The van der Waals surface area contributed by atoms with Gasteiger partial charge in [0.15, 0.2) is 34.9 Å². The number of carbonyl (C=O) groups is 1. The molecule has 1 radical (unpaired) electrons. The van der Waals surface area contributed by atoms with E-state index in [1.165, 1.54) is 111 Å². The Balaban J connectivity index is 0.000000132. The number of aromatic carboxylic acids is 1. The third-order valence-electron chi connectivity index (χ3n) is 22.8. The van der Waals surface area contributed by atoms with Gasteiger partial charge in [0, 0.05) is 104 Å². The summed E-state index contributed by atoms with van der Waals surface area (Å²) < 4.78 is 30.6. The van der Waals surface area contributed by atoms with Gasteiger partial charge < -0.3 is 14.2 Å². The van der Waals surface area contributed by atoms with Gasteiger partial charge in [-0.15, -0.1) is 12.1 Å². The van der Waals surface area contributed by atoms with Crippen molar-refractivity contribution < 1.29 is 38.8 Å². The van der Waals surface area contributed by atoms with Gasteiger partial charge in [-0.05, 0) is 158 Å². The minimum atomic E-state index is -0.990. The Morgan fingerprint density at radius 3 is 1.42 bits per heavy atom. The number of rotatable bonds is 11. The Bertz CT molecular complexity index is 7410. The number of aryl methyl sites for hydroxylation is 1. The van der Waals surface area contributed by atoms with Crippen LogP contribution in [-0.2, 0) is 25.5 Å². The number of carboxylic acids is 1. The molecule has 0 amide bonds. The predicted octanol–water partition coefficient (Wildman–Crippen LogP) is 26.8. The summed E-state index contributed by atoms with van der Waals surface area (Å²) in [5.41, 5.74) is 22.6. The zero-order valence-corrected chi connectivity index (χ0v) is 69.7. The van der Waals surface area contributed by atoms with Crippen LogP contribution in [0, 0.1) is 37.6 Å². The Morgan fingerprint density at radius 2 is 0.837 bits per heavy atom. The molecule has 0 unspecified atom stereocenters. The fraction of sp³-hybridized carbons (Fsp3) is 0.0459. The van der Waals surface area contributed by atoms with Crippen LogP contribution in [0.2, 0.25) is 0 Å². The molecule has 5 heterocycles. The van der Waals surface area contributed by atoms with Crippen LogP contribution in [0.15, 0.2) is 376 Å². The van der Waals surface area contributed by atoms with E-state index in [4.69, 9.17) is 35.0 Å². The topological polar surface area (TPSA) is 137 Å². The molecule has 1 N–H and O–H groups in total. The Hall–Kier alpha value is -15.2. The molecule has 14 heteroatoms. The summed E-state index contributed by atoms with van der Waals surface area (Å²) in [5.74, 6) is 1.68. The third-order valence-corrected chi connectivity index (χ3v) is 22.8. The van der Waals surface area contributed by atoms with E-state index in [0.717, 1.165) is 67.8 Å². The molecule has 21 aromatic rings. The van der Waals surface area contributed by atoms with Crippen LogP contribution in [0.25, 0.3) is 178 Å². The molecule has 22 rings (SSSR count). The monoisotopic (exact) mass is 1770 g/mol. The first-order chi connectivity index (χ1) is 59.8. The van der Waals surface area contributed by atoms with E-state index in [9.17, 15) is 13.6 Å². The third kappa shape index (κ3) is 15.3. The molecule has 593 valence electrons. The minimum Gasteiger partial charge on any atom is -0.477 e. The second-order valence-corrected chi connectivity index (χ2v) is 30.6. The smallest absolute Gasteiger partial charge is 0.354 e. The molecule has 0 bridgehead atoms. The molecular formula is C109H75F2IrN9O2-2. The van der Waals surface area contributed by atoms with Crippen LogP contribution >= 0.6 is 0 Å². The Morgan fingerprint density at radius 1 is 0.366 bits per heavy atom. The van der Waals surface area contributed by atoms with Gasteiger partial charge in [-0.3, -0.25) is 8.78 Å². The van der Waals surface area contributed by atoms with Crippen molar-refractivity contribution in [1.82, 2.24) is 44.0 Å². The van der Waals surface area contributed by atoms with Gasteiger partial charge in [0.25, 0.3) is 0 Å². The first-order valence-electron chi connectivity index (χ1n) is 40.3. The average Bonchev–Trinajstić information content (AvgIpc) is 1.63. The number of aromatic nitrogens is 9. The van der Waals surface area contributed by atoms with Crippen LogP contribution in [-0.4, -0.2) is 55.1 Å². The summed E-state index contributed by atoms with van der Waals surface area (Å²) in [6.07, 6.45) is 1.45. The largest absolute Gasteiger partial charge is 0.477 e. The number of para-hydroxylation sites is 2. The summed E-state index contributed by atoms with van der Waals surface area (Å²) in [5, 5.41) is 19.8. The van der Waals surface area contributed by atoms with Crippen LogP contribution in [0.5, 0.6) is 0 Å². The molecule has 1 aliphatic rings. The van der Waals surface area contributed by atoms with Crippen molar-refractivity contribution >= 4 is 71.0 Å². The number of benzene rings is 16. The van der Waals surface area contributed by atoms with Gasteiger partial charge in [0.1, 0.15) is 5.69 Å². The number of halogens is 2. The van der Waals surface area contributed by atoms with Crippen molar-refractivity contribution in [3.05, 3.63) is 428 Å². The number of fused-ring (bicyclic) bond motifs is 14. The van der Waals surface area contributed by atoms with Crippen molar-refractivity contribution in [1.29, 1.82) is 0 Å². The van der Waals surface area contributed by atoms with Crippen molar-refractivity contribution in [3.63, 3.8) is 0 Å². The maximum absolute atomic E-state index is 13.2. The van der Waals surface area contributed by atoms with E-state index < -0.39 is 17.6 Å². The molecule has 0 atom stereocenters. The maximum Gasteiger partial charge on any atom is 0.354 e. The molecule has 0 saturated carbocycles. The van der Waals surface area contributed by atoms with Crippen LogP contribution in [0.1, 0.15) is 46.7 Å². The predicted molar refractivity (Wildman–Crippen MR) is 489 cm³/mol. The van der Waals surface area contributed by atoms with Gasteiger partial charge in [0.05, 0.1) is 16.6 Å². The van der Waals surface area contributed by atoms with Crippen molar-refractivity contribution in [3.8, 4) is 113 Å². The van der Waals surface area contributed by atoms with E-state index >= 15 is 0 Å². The number of nitrogens with zero attached hydrogens (tertiary/aromatic N) is 9. The molecule has 0 saturated heterocycles. The molecular weight excluding hydrogens is 1700 g/mol. The van der Waals surface area contributed by atoms with E-state index in [1.54, 1.807) is 36.4 Å². The van der Waals surface area contributed by atoms with Crippen LogP contribution in [0.3, 0.4) is 0 Å². The van der Waals surface area contributed by atoms with Crippen LogP contribution in [0.4, 0.5) is 8.78 Å². The molecule has 123 heavy (non-hydrogen) atoms. The SMILES string of the molecule is CC1(C)c2ccccc2-c2ccc3c4ccc(-c5cccc(-c6nc(-c7ccccc7)nc(-c7ccccc7)n6)c5)cc4c4ccccc4c3c21.Cc1c(C)n(-c2ccccc2)c2cc3c4ccccc4n(-c4cccc(-c5nc(-c6ccccc6)nc(-c6ccccc6)n5)c4)c3cc12.Fc1c[c-]c(-c2[c-]cccc2)c(F)c1.O=C(O)c1ccccn1.[Ir]. The Kier molecular flexibility index (Phi) is 21.7. The van der Waals surface area contributed by atoms with E-state index in [2.05, 4.69) is 248 Å². The second-order valence-electron chi connectivity index (χ2n) is 30.6. The number of hydrogen-bond acceptors (Lipinski definition) is 8. The number of hydrogen-bond donors (Lipinski definition) is 1. The first-order valence-corrected chi connectivity index (χ1v) is 40.3. The van der Waals surface area contributed by atoms with Gasteiger partial charge in [0.2, 0.25) is 0 Å². The molecule has 0 spiro atoms. The first kappa shape index (κ1) is 78.9. The fourth-order valence-electron chi connectivity index (χ4n) is 16.9. The summed E-state index contributed by atoms with van der Waals surface area (Å²) in [6.45, 7) is 9.20. The summed E-state index contributed by atoms with van der Waals surface area (Å²) in [4.78, 5) is 43.5. The average molecular weight is 1770 g/mol. The number of pyridine rings is 1. The number of carboxylic acid groups (broad SMARTS) is 1. The van der Waals surface area contributed by atoms with Crippen molar-refractivity contribution in [2.45, 2.75) is 33.1 Å². The van der Waals surface area contributed by atoms with Crippen molar-refractivity contribution in [2.24, 2.45) is 0 Å². The minimum absolute atomic E-state index is 0. The maximum atomic E-state index is 13.2. The van der Waals surface area contributed by atoms with E-state index in [1.807, 2.05) is 121 Å². The standard InChI is InChI=1S/C48H33N3.C43H31N5.C12H6F2.C6H5NO2.Ir/c1-48(2)42-23-12-11-21-37(42)40-27-26-39-36-25-24-33(29-41(36)35-20-9-10-22-38(35)43(39)44(40)48)32-18-13-19-34(28-32)47-50-45(30-14-5-3-6-15-30)49-46(51-47)31-16-7-4-8-17-31;1-28-29(2)47(33-20-10-5-11-21-33)39-27-37-35-23-12-13-24-38(35)48(40(37)26-36(28)39)34-22-14-19-32(25-34)43-45-41(30-15-6-3-7-16-30)44-42(46-43)31-17-8-4-9-18-31;13-10-6-7-11(12(14)8-10)9-4-2-1-3-5-9;8-6(9)5-3-1-2-4-7-5;/h3-29H,1-2H3;3-27H,1-2H3;1-4,6,8H;1-4H,(H,8,9);/q;;-2;;. The van der Waals surface area contributed by atoms with Gasteiger partial charge in [-0.25, -0.2) is 45.2 Å². The fourth-order valence-corrected chi connectivity index (χ4v) is 16.9. The summed E-state index contributed by atoms with van der Waals surface area (Å²) >= 11 is 0. The molecule has 5 aromatic heterocycles. The van der Waals surface area contributed by atoms with Crippen LogP contribution < -0.4 is 0 Å². The Labute approximate surface area is 723 Å². The quantitative estimate of drug-likeness (QED) is 0.0991. The molecule has 0 aliphatic heterocycles. The molecule has 16 aromatic carbocycles. The molecule has 11 nitrogen and oxygen atoms in total. The van der Waals surface area contributed by atoms with E-state index in [-0.39, 0.29) is 36.8 Å². The molecule has 1 aliphatic carbocycles. The zero-order valence-electron chi connectivity index (χ0n) is 67.3. The summed E-state index contributed by atoms with van der Waals surface area (Å²) in [6, 6.07) is 130. The van der Waals surface area contributed by atoms with E-state index in [0.29, 0.717) is 40.5 Å². The van der Waals surface area contributed by atoms with Gasteiger partial charge in [-0.2, -0.15) is 35.9 Å². The summed E-state index contributed by atoms with van der Waals surface area (Å²) in [7, 11) is 0. The second kappa shape index (κ2) is 33.9. The molecule has 0 fully saturated rings.